The summed E-state index contributed by atoms with van der Waals surface area (Å²) >= 11 is 1.74. The lowest BCUT2D eigenvalue weighted by molar-refractivity contribution is -0.0182. The molecule has 1 atom stereocenters. The molecule has 2 heteroatoms. The Morgan fingerprint density at radius 2 is 1.93 bits per heavy atom. The molecule has 2 rings (SSSR count). The van der Waals surface area contributed by atoms with Gasteiger partial charge in [-0.25, -0.2) is 0 Å². The maximum Gasteiger partial charge on any atom is 0.0987 e. The third-order valence-corrected chi connectivity index (χ3v) is 4.87. The smallest absolute Gasteiger partial charge is 0.0987 e. The molecule has 1 N–H and O–H groups in total. The lowest BCUT2D eigenvalue weighted by atomic mass is 9.77. The Labute approximate surface area is 96.1 Å². The third kappa shape index (κ3) is 2.26. The summed E-state index contributed by atoms with van der Waals surface area (Å²) in [5.41, 5.74) is -0.598. The van der Waals surface area contributed by atoms with Gasteiger partial charge in [0.1, 0.15) is 0 Å². The van der Waals surface area contributed by atoms with E-state index in [1.807, 2.05) is 6.92 Å². The van der Waals surface area contributed by atoms with E-state index in [1.54, 1.807) is 11.3 Å². The van der Waals surface area contributed by atoms with Gasteiger partial charge < -0.3 is 5.11 Å². The van der Waals surface area contributed by atoms with Crippen molar-refractivity contribution in [3.05, 3.63) is 21.9 Å². The summed E-state index contributed by atoms with van der Waals surface area (Å²) in [6.45, 7) is 4.10. The highest BCUT2D eigenvalue weighted by atomic mass is 32.1. The Balaban J connectivity index is 2.17. The molecule has 1 nitrogen and oxygen atoms in total. The Kier molecular flexibility index (Phi) is 3.17. The van der Waals surface area contributed by atoms with Crippen LogP contribution in [0.15, 0.2) is 12.1 Å². The van der Waals surface area contributed by atoms with Crippen LogP contribution in [0.25, 0.3) is 0 Å². The van der Waals surface area contributed by atoms with Crippen molar-refractivity contribution in [1.29, 1.82) is 0 Å². The molecule has 0 saturated heterocycles. The molecule has 84 valence electrons. The Morgan fingerprint density at radius 3 is 2.47 bits per heavy atom. The van der Waals surface area contributed by atoms with E-state index >= 15 is 0 Å². The minimum atomic E-state index is -0.598. The van der Waals surface area contributed by atoms with Gasteiger partial charge in [0.25, 0.3) is 0 Å². The van der Waals surface area contributed by atoms with Gasteiger partial charge in [-0.3, -0.25) is 0 Å². The molecule has 1 aliphatic rings. The van der Waals surface area contributed by atoms with Crippen LogP contribution in [0.2, 0.25) is 0 Å². The summed E-state index contributed by atoms with van der Waals surface area (Å²) in [6, 6.07) is 4.20. The average Bonchev–Trinajstić information content (AvgIpc) is 2.67. The van der Waals surface area contributed by atoms with E-state index in [9.17, 15) is 5.11 Å². The van der Waals surface area contributed by atoms with Crippen LogP contribution in [0.1, 0.15) is 48.8 Å². The second kappa shape index (κ2) is 4.26. The zero-order valence-electron chi connectivity index (χ0n) is 9.62. The van der Waals surface area contributed by atoms with Crippen molar-refractivity contribution in [1.82, 2.24) is 0 Å². The van der Waals surface area contributed by atoms with E-state index in [0.717, 1.165) is 4.88 Å². The van der Waals surface area contributed by atoms with Gasteiger partial charge in [-0.15, -0.1) is 11.3 Å². The predicted molar refractivity (Wildman–Crippen MR) is 65.2 cm³/mol. The fourth-order valence-electron chi connectivity index (χ4n) is 2.57. The Hall–Kier alpha value is -0.340. The van der Waals surface area contributed by atoms with Gasteiger partial charge in [-0.05, 0) is 44.7 Å². The summed E-state index contributed by atoms with van der Waals surface area (Å²) in [5, 5.41) is 10.6. The topological polar surface area (TPSA) is 20.2 Å². The molecule has 1 aromatic rings. The van der Waals surface area contributed by atoms with Crippen molar-refractivity contribution in [2.45, 2.75) is 51.6 Å². The maximum absolute atomic E-state index is 10.6. The summed E-state index contributed by atoms with van der Waals surface area (Å²) in [5.74, 6) is 0.462. The van der Waals surface area contributed by atoms with Crippen molar-refractivity contribution in [3.63, 3.8) is 0 Å². The lowest BCUT2D eigenvalue weighted by Crippen LogP contribution is -2.32. The molecule has 0 amide bonds. The Bertz CT molecular complexity index is 321. The van der Waals surface area contributed by atoms with Gasteiger partial charge in [0, 0.05) is 9.75 Å². The summed E-state index contributed by atoms with van der Waals surface area (Å²) in [4.78, 5) is 2.44. The highest BCUT2D eigenvalue weighted by Gasteiger charge is 2.35. The molecular weight excluding hydrogens is 204 g/mol. The van der Waals surface area contributed by atoms with Crippen LogP contribution in [0.3, 0.4) is 0 Å². The number of aliphatic hydroxyl groups is 1. The highest BCUT2D eigenvalue weighted by Crippen LogP contribution is 2.41. The molecule has 1 aromatic heterocycles. The Morgan fingerprint density at radius 1 is 1.27 bits per heavy atom. The van der Waals surface area contributed by atoms with E-state index in [4.69, 9.17) is 0 Å². The highest BCUT2D eigenvalue weighted by molar-refractivity contribution is 7.12. The monoisotopic (exact) mass is 224 g/mol. The average molecular weight is 224 g/mol. The molecule has 0 aromatic carbocycles. The van der Waals surface area contributed by atoms with Crippen molar-refractivity contribution in [3.8, 4) is 0 Å². The quantitative estimate of drug-likeness (QED) is 0.809. The predicted octanol–water partition coefficient (Wildman–Crippen LogP) is 3.84. The van der Waals surface area contributed by atoms with Crippen LogP contribution in [-0.2, 0) is 5.60 Å². The molecule has 15 heavy (non-hydrogen) atoms. The molecule has 1 heterocycles. The fraction of sp³-hybridized carbons (Fsp3) is 0.692. The van der Waals surface area contributed by atoms with Gasteiger partial charge in [0.2, 0.25) is 0 Å². The van der Waals surface area contributed by atoms with E-state index in [1.165, 1.54) is 37.0 Å². The first-order valence-electron chi connectivity index (χ1n) is 5.90. The van der Waals surface area contributed by atoms with Gasteiger partial charge in [-0.1, -0.05) is 19.3 Å². The minimum absolute atomic E-state index is 0.462. The number of hydrogen-bond donors (Lipinski definition) is 1. The van der Waals surface area contributed by atoms with Crippen LogP contribution in [0.5, 0.6) is 0 Å². The standard InChI is InChI=1S/C13H20OS/c1-10-8-9-12(15-10)13(2,14)11-6-4-3-5-7-11/h8-9,11,14H,3-7H2,1-2H3. The summed E-state index contributed by atoms with van der Waals surface area (Å²) in [7, 11) is 0. The number of rotatable bonds is 2. The SMILES string of the molecule is Cc1ccc(C(C)(O)C2CCCCC2)s1. The first-order chi connectivity index (χ1) is 7.10. The van der Waals surface area contributed by atoms with E-state index in [-0.39, 0.29) is 0 Å². The van der Waals surface area contributed by atoms with Crippen LogP contribution in [0, 0.1) is 12.8 Å². The largest absolute Gasteiger partial charge is 0.384 e. The lowest BCUT2D eigenvalue weighted by Gasteiger charge is -2.34. The molecule has 0 bridgehead atoms. The first-order valence-corrected chi connectivity index (χ1v) is 6.71. The van der Waals surface area contributed by atoms with Crippen LogP contribution >= 0.6 is 11.3 Å². The van der Waals surface area contributed by atoms with Gasteiger partial charge >= 0.3 is 0 Å². The molecule has 0 spiro atoms. The normalized spacial score (nSPS) is 22.6. The van der Waals surface area contributed by atoms with Crippen LogP contribution in [0.4, 0.5) is 0 Å². The first kappa shape index (κ1) is 11.2. The third-order valence-electron chi connectivity index (χ3n) is 3.64. The molecule has 1 saturated carbocycles. The van der Waals surface area contributed by atoms with Crippen LogP contribution < -0.4 is 0 Å². The minimum Gasteiger partial charge on any atom is -0.384 e. The summed E-state index contributed by atoms with van der Waals surface area (Å²) < 4.78 is 0. The zero-order valence-corrected chi connectivity index (χ0v) is 10.4. The second-order valence-electron chi connectivity index (χ2n) is 4.89. The molecular formula is C13H20OS. The molecule has 0 radical (unpaired) electrons. The van der Waals surface area contributed by atoms with Crippen molar-refractivity contribution in [2.24, 2.45) is 5.92 Å². The van der Waals surface area contributed by atoms with Gasteiger partial charge in [-0.2, -0.15) is 0 Å². The molecule has 1 aliphatic carbocycles. The number of hydrogen-bond acceptors (Lipinski definition) is 2. The van der Waals surface area contributed by atoms with Gasteiger partial charge in [0.05, 0.1) is 5.60 Å². The van der Waals surface area contributed by atoms with E-state index in [0.29, 0.717) is 5.92 Å². The number of thiophene rings is 1. The summed E-state index contributed by atoms with van der Waals surface area (Å²) in [6.07, 6.45) is 6.28. The van der Waals surface area contributed by atoms with E-state index in [2.05, 4.69) is 19.1 Å². The zero-order chi connectivity index (χ0) is 10.9. The maximum atomic E-state index is 10.6. The van der Waals surface area contributed by atoms with Crippen LogP contribution in [-0.4, -0.2) is 5.11 Å². The number of aryl methyl sites for hydroxylation is 1. The fourth-order valence-corrected chi connectivity index (χ4v) is 3.56. The molecule has 0 aliphatic heterocycles. The molecule has 1 fully saturated rings. The van der Waals surface area contributed by atoms with Gasteiger partial charge in [0.15, 0.2) is 0 Å². The van der Waals surface area contributed by atoms with Crippen molar-refractivity contribution in [2.75, 3.05) is 0 Å². The van der Waals surface area contributed by atoms with Crippen molar-refractivity contribution < 1.29 is 5.11 Å². The molecule has 1 unspecified atom stereocenters. The second-order valence-corrected chi connectivity index (χ2v) is 6.18. The van der Waals surface area contributed by atoms with Crippen molar-refractivity contribution >= 4 is 11.3 Å². The van der Waals surface area contributed by atoms with E-state index < -0.39 is 5.60 Å².